The van der Waals surface area contributed by atoms with Gasteiger partial charge in [0.1, 0.15) is 6.04 Å². The molecule has 1 unspecified atom stereocenters. The van der Waals surface area contributed by atoms with Gasteiger partial charge < -0.3 is 15.7 Å². The molecule has 0 aliphatic carbocycles. The van der Waals surface area contributed by atoms with Gasteiger partial charge in [-0.05, 0) is 25.3 Å². The van der Waals surface area contributed by atoms with E-state index in [0.717, 1.165) is 38.2 Å². The first-order chi connectivity index (χ1) is 11.0. The molecule has 0 aromatic carbocycles. The van der Waals surface area contributed by atoms with Crippen molar-refractivity contribution >= 4 is 17.8 Å². The number of carboxylic acids is 1. The molecular formula is C17H28N2O4. The molecule has 0 saturated carbocycles. The fourth-order valence-corrected chi connectivity index (χ4v) is 1.92. The minimum absolute atomic E-state index is 0.119. The number of carbonyl (C=O) groups excluding carboxylic acids is 2. The van der Waals surface area contributed by atoms with E-state index in [1.807, 2.05) is 13.0 Å². The number of rotatable bonds is 12. The Morgan fingerprint density at radius 1 is 1.04 bits per heavy atom. The predicted molar refractivity (Wildman–Crippen MR) is 89.9 cm³/mol. The highest BCUT2D eigenvalue weighted by molar-refractivity contribution is 5.92. The number of carboxylic acid groups (broad SMARTS) is 1. The third-order valence-corrected chi connectivity index (χ3v) is 3.11. The second kappa shape index (κ2) is 13.5. The second-order valence-electron chi connectivity index (χ2n) is 5.23. The van der Waals surface area contributed by atoms with Gasteiger partial charge >= 0.3 is 5.97 Å². The molecule has 0 saturated heterocycles. The molecule has 0 rings (SSSR count). The van der Waals surface area contributed by atoms with Crippen LogP contribution in [0.4, 0.5) is 0 Å². The van der Waals surface area contributed by atoms with E-state index in [-0.39, 0.29) is 18.4 Å². The molecule has 0 aromatic rings. The third-order valence-electron chi connectivity index (χ3n) is 3.11. The Labute approximate surface area is 138 Å². The highest BCUT2D eigenvalue weighted by Gasteiger charge is 2.17. The molecule has 23 heavy (non-hydrogen) atoms. The molecule has 0 fully saturated rings. The second-order valence-corrected chi connectivity index (χ2v) is 5.23. The van der Waals surface area contributed by atoms with Crippen LogP contribution >= 0.6 is 0 Å². The molecule has 0 bridgehead atoms. The van der Waals surface area contributed by atoms with Crippen LogP contribution in [0, 0.1) is 0 Å². The Morgan fingerprint density at radius 3 is 2.39 bits per heavy atom. The fourth-order valence-electron chi connectivity index (χ4n) is 1.92. The summed E-state index contributed by atoms with van der Waals surface area (Å²) in [6.45, 7) is 4.17. The average molecular weight is 324 g/mol. The quantitative estimate of drug-likeness (QED) is 0.379. The topological polar surface area (TPSA) is 95.5 Å². The summed E-state index contributed by atoms with van der Waals surface area (Å²) in [6.07, 6.45) is 11.1. The summed E-state index contributed by atoms with van der Waals surface area (Å²) in [6, 6.07) is -0.606. The van der Waals surface area contributed by atoms with Crippen LogP contribution in [-0.4, -0.2) is 35.5 Å². The minimum atomic E-state index is -1.06. The van der Waals surface area contributed by atoms with Crippen molar-refractivity contribution < 1.29 is 19.5 Å². The number of unbranched alkanes of at least 4 members (excludes halogenated alkanes) is 3. The van der Waals surface area contributed by atoms with Crippen molar-refractivity contribution in [1.29, 1.82) is 0 Å². The van der Waals surface area contributed by atoms with Crippen LogP contribution in [0.5, 0.6) is 0 Å². The first kappa shape index (κ1) is 20.9. The molecule has 0 heterocycles. The Balaban J connectivity index is 4.29. The number of nitrogens with one attached hydrogen (secondary N) is 2. The molecule has 130 valence electrons. The molecule has 6 heteroatoms. The lowest BCUT2D eigenvalue weighted by Gasteiger charge is -2.16. The highest BCUT2D eigenvalue weighted by Crippen LogP contribution is 2.00. The van der Waals surface area contributed by atoms with Crippen LogP contribution in [0.1, 0.15) is 52.4 Å². The SMILES string of the molecule is CCCCC/C=C/C(=O)NC(CCC)C(=O)NC/C=C/C(=O)O. The standard InChI is InChI=1S/C17H28N2O4/c1-3-5-6-7-8-11-15(20)19-14(10-4-2)17(23)18-13-9-12-16(21)22/h8-9,11-12,14H,3-7,10,13H2,1-2H3,(H,18,23)(H,19,20)(H,21,22)/b11-8+,12-9+. The van der Waals surface area contributed by atoms with Gasteiger partial charge in [-0.1, -0.05) is 45.3 Å². The van der Waals surface area contributed by atoms with Crippen LogP contribution in [0.15, 0.2) is 24.3 Å². The smallest absolute Gasteiger partial charge is 0.328 e. The number of allylic oxidation sites excluding steroid dienone is 1. The van der Waals surface area contributed by atoms with Gasteiger partial charge in [-0.2, -0.15) is 0 Å². The average Bonchev–Trinajstić information content (AvgIpc) is 2.50. The third kappa shape index (κ3) is 12.1. The zero-order chi connectivity index (χ0) is 17.5. The van der Waals surface area contributed by atoms with E-state index in [9.17, 15) is 14.4 Å². The van der Waals surface area contributed by atoms with Crippen molar-refractivity contribution in [2.75, 3.05) is 6.54 Å². The first-order valence-electron chi connectivity index (χ1n) is 8.15. The number of hydrogen-bond acceptors (Lipinski definition) is 3. The van der Waals surface area contributed by atoms with Gasteiger partial charge in [-0.3, -0.25) is 9.59 Å². The van der Waals surface area contributed by atoms with E-state index in [4.69, 9.17) is 5.11 Å². The van der Waals surface area contributed by atoms with E-state index in [2.05, 4.69) is 17.6 Å². The summed E-state index contributed by atoms with van der Waals surface area (Å²) in [4.78, 5) is 34.1. The molecule has 0 aromatic heterocycles. The van der Waals surface area contributed by atoms with Crippen LogP contribution in [0.3, 0.4) is 0 Å². The van der Waals surface area contributed by atoms with E-state index >= 15 is 0 Å². The summed E-state index contributed by atoms with van der Waals surface area (Å²) in [5.41, 5.74) is 0. The molecule has 0 aliphatic heterocycles. The zero-order valence-corrected chi connectivity index (χ0v) is 14.0. The normalized spacial score (nSPS) is 12.4. The van der Waals surface area contributed by atoms with E-state index in [0.29, 0.717) is 6.42 Å². The Bertz CT molecular complexity index is 430. The van der Waals surface area contributed by atoms with E-state index < -0.39 is 12.0 Å². The minimum Gasteiger partial charge on any atom is -0.478 e. The van der Waals surface area contributed by atoms with Crippen molar-refractivity contribution in [3.8, 4) is 0 Å². The molecule has 0 spiro atoms. The molecule has 1 atom stereocenters. The van der Waals surface area contributed by atoms with Gasteiger partial charge in [0.05, 0.1) is 0 Å². The van der Waals surface area contributed by atoms with Crippen LogP contribution < -0.4 is 10.6 Å². The van der Waals surface area contributed by atoms with Gasteiger partial charge in [-0.15, -0.1) is 0 Å². The van der Waals surface area contributed by atoms with Gasteiger partial charge in [0.15, 0.2) is 0 Å². The van der Waals surface area contributed by atoms with Crippen molar-refractivity contribution in [3.63, 3.8) is 0 Å². The highest BCUT2D eigenvalue weighted by atomic mass is 16.4. The maximum absolute atomic E-state index is 12.0. The molecule has 0 radical (unpaired) electrons. The number of amides is 2. The van der Waals surface area contributed by atoms with Crippen LogP contribution in [-0.2, 0) is 14.4 Å². The largest absolute Gasteiger partial charge is 0.478 e. The Kier molecular flexibility index (Phi) is 12.3. The summed E-state index contributed by atoms with van der Waals surface area (Å²) >= 11 is 0. The van der Waals surface area contributed by atoms with Crippen LogP contribution in [0.2, 0.25) is 0 Å². The van der Waals surface area contributed by atoms with Crippen molar-refractivity contribution in [2.24, 2.45) is 0 Å². The molecule has 0 aliphatic rings. The first-order valence-corrected chi connectivity index (χ1v) is 8.15. The molecule has 2 amide bonds. The summed E-state index contributed by atoms with van der Waals surface area (Å²) in [7, 11) is 0. The van der Waals surface area contributed by atoms with Crippen molar-refractivity contribution in [3.05, 3.63) is 24.3 Å². The monoisotopic (exact) mass is 324 g/mol. The lowest BCUT2D eigenvalue weighted by molar-refractivity contribution is -0.131. The van der Waals surface area contributed by atoms with Crippen molar-refractivity contribution in [1.82, 2.24) is 10.6 Å². The van der Waals surface area contributed by atoms with Crippen LogP contribution in [0.25, 0.3) is 0 Å². The summed E-state index contributed by atoms with van der Waals surface area (Å²) in [5.74, 6) is -1.66. The molecule has 3 N–H and O–H groups in total. The molecule has 6 nitrogen and oxygen atoms in total. The van der Waals surface area contributed by atoms with Gasteiger partial charge in [-0.25, -0.2) is 4.79 Å². The fraction of sp³-hybridized carbons (Fsp3) is 0.588. The van der Waals surface area contributed by atoms with Gasteiger partial charge in [0.25, 0.3) is 0 Å². The number of aliphatic carboxylic acids is 1. The maximum Gasteiger partial charge on any atom is 0.328 e. The maximum atomic E-state index is 12.0. The van der Waals surface area contributed by atoms with Crippen molar-refractivity contribution in [2.45, 2.75) is 58.4 Å². The lowest BCUT2D eigenvalue weighted by Crippen LogP contribution is -2.46. The van der Waals surface area contributed by atoms with Gasteiger partial charge in [0, 0.05) is 12.6 Å². The van der Waals surface area contributed by atoms with Gasteiger partial charge in [0.2, 0.25) is 11.8 Å². The molecular weight excluding hydrogens is 296 g/mol. The number of carbonyl (C=O) groups is 3. The Hall–Kier alpha value is -2.11. The number of hydrogen-bond donors (Lipinski definition) is 3. The summed E-state index contributed by atoms with van der Waals surface area (Å²) < 4.78 is 0. The van der Waals surface area contributed by atoms with E-state index in [1.165, 1.54) is 12.2 Å². The zero-order valence-electron chi connectivity index (χ0n) is 14.0. The summed E-state index contributed by atoms with van der Waals surface area (Å²) in [5, 5.41) is 13.7. The Morgan fingerprint density at radius 2 is 1.78 bits per heavy atom. The van der Waals surface area contributed by atoms with E-state index in [1.54, 1.807) is 0 Å². The lowest BCUT2D eigenvalue weighted by atomic mass is 10.1. The predicted octanol–water partition coefficient (Wildman–Crippen LogP) is 2.16.